The lowest BCUT2D eigenvalue weighted by Gasteiger charge is -2.39. The van der Waals surface area contributed by atoms with E-state index in [0.29, 0.717) is 11.8 Å². The number of benzene rings is 1. The summed E-state index contributed by atoms with van der Waals surface area (Å²) in [6, 6.07) is 6.67. The van der Waals surface area contributed by atoms with E-state index < -0.39 is 0 Å². The van der Waals surface area contributed by atoms with Gasteiger partial charge in [-0.2, -0.15) is 0 Å². The molecule has 1 aliphatic carbocycles. The molecule has 5 nitrogen and oxygen atoms in total. The second kappa shape index (κ2) is 9.60. The van der Waals surface area contributed by atoms with Crippen LogP contribution < -0.4 is 4.90 Å². The minimum Gasteiger partial charge on any atom is -0.353 e. The number of carbonyl (C=O) groups excluding carboxylic acids is 1. The Morgan fingerprint density at radius 2 is 1.81 bits per heavy atom. The van der Waals surface area contributed by atoms with Crippen LogP contribution in [0, 0.1) is 26.7 Å². The molecule has 1 aromatic heterocycles. The summed E-state index contributed by atoms with van der Waals surface area (Å²) < 4.78 is 0. The molecule has 2 fully saturated rings. The number of hydrogen-bond donors (Lipinski definition) is 0. The quantitative estimate of drug-likeness (QED) is 0.645. The van der Waals surface area contributed by atoms with Crippen molar-refractivity contribution in [3.8, 4) is 0 Å². The van der Waals surface area contributed by atoms with Crippen molar-refractivity contribution in [2.75, 3.05) is 31.1 Å². The number of aromatic nitrogens is 2. The van der Waals surface area contributed by atoms with Crippen molar-refractivity contribution >= 4 is 11.7 Å². The van der Waals surface area contributed by atoms with Crippen molar-refractivity contribution in [3.63, 3.8) is 0 Å². The van der Waals surface area contributed by atoms with Crippen LogP contribution in [0.3, 0.4) is 0 Å². The van der Waals surface area contributed by atoms with Crippen molar-refractivity contribution in [3.05, 3.63) is 52.0 Å². The van der Waals surface area contributed by atoms with Gasteiger partial charge in [0.15, 0.2) is 0 Å². The van der Waals surface area contributed by atoms with Gasteiger partial charge in [-0.1, -0.05) is 44.0 Å². The van der Waals surface area contributed by atoms with Gasteiger partial charge in [0.2, 0.25) is 5.91 Å². The first-order valence-electron chi connectivity index (χ1n) is 12.3. The Morgan fingerprint density at radius 1 is 1.09 bits per heavy atom. The molecule has 1 saturated heterocycles. The maximum absolute atomic E-state index is 12.7. The predicted octanol–water partition coefficient (Wildman–Crippen LogP) is 4.95. The van der Waals surface area contributed by atoms with Crippen LogP contribution >= 0.6 is 0 Å². The fourth-order valence-electron chi connectivity index (χ4n) is 4.71. The lowest BCUT2D eigenvalue weighted by molar-refractivity contribution is -0.138. The van der Waals surface area contributed by atoms with Crippen LogP contribution in [-0.2, 0) is 11.2 Å². The minimum atomic E-state index is 0.278. The minimum absolute atomic E-state index is 0.278. The van der Waals surface area contributed by atoms with Crippen LogP contribution in [-0.4, -0.2) is 47.0 Å². The van der Waals surface area contributed by atoms with Crippen LogP contribution in [0.25, 0.3) is 0 Å². The van der Waals surface area contributed by atoms with E-state index in [1.165, 1.54) is 28.7 Å². The van der Waals surface area contributed by atoms with Gasteiger partial charge in [-0.3, -0.25) is 4.79 Å². The number of aryl methyl sites for hydroxylation is 3. The molecular weight excluding hydrogens is 396 g/mol. The maximum atomic E-state index is 12.7. The summed E-state index contributed by atoms with van der Waals surface area (Å²) in [4.78, 5) is 27.2. The Labute approximate surface area is 193 Å². The zero-order valence-electron chi connectivity index (χ0n) is 20.4. The molecule has 5 heteroatoms. The van der Waals surface area contributed by atoms with Crippen molar-refractivity contribution in [1.82, 2.24) is 14.9 Å². The van der Waals surface area contributed by atoms with Gasteiger partial charge in [0.25, 0.3) is 0 Å². The summed E-state index contributed by atoms with van der Waals surface area (Å²) in [6.07, 6.45) is 5.22. The van der Waals surface area contributed by atoms with Gasteiger partial charge in [-0.15, -0.1) is 0 Å². The van der Waals surface area contributed by atoms with Gasteiger partial charge in [0.1, 0.15) is 11.6 Å². The normalized spacial score (nSPS) is 17.9. The highest BCUT2D eigenvalue weighted by Gasteiger charge is 2.32. The Balaban J connectivity index is 1.62. The summed E-state index contributed by atoms with van der Waals surface area (Å²) in [5, 5.41) is 0. The zero-order chi connectivity index (χ0) is 22.8. The van der Waals surface area contributed by atoms with Crippen LogP contribution in [0.2, 0.25) is 0 Å². The molecule has 1 aliphatic heterocycles. The van der Waals surface area contributed by atoms with Gasteiger partial charge < -0.3 is 9.80 Å². The van der Waals surface area contributed by atoms with E-state index in [4.69, 9.17) is 9.97 Å². The fraction of sp³-hybridized carbons (Fsp3) is 0.593. The molecule has 1 atom stereocenters. The smallest absolute Gasteiger partial charge is 0.225 e. The van der Waals surface area contributed by atoms with E-state index in [9.17, 15) is 4.79 Å². The van der Waals surface area contributed by atoms with E-state index in [2.05, 4.69) is 62.6 Å². The molecule has 2 aliphatic rings. The van der Waals surface area contributed by atoms with E-state index in [0.717, 1.165) is 69.2 Å². The first-order chi connectivity index (χ1) is 15.4. The molecule has 32 heavy (non-hydrogen) atoms. The lowest BCUT2D eigenvalue weighted by Crippen LogP contribution is -2.51. The molecule has 2 aromatic rings. The summed E-state index contributed by atoms with van der Waals surface area (Å²) in [5.74, 6) is 3.00. The molecule has 1 saturated carbocycles. The molecule has 2 heterocycles. The van der Waals surface area contributed by atoms with E-state index in [1.807, 2.05) is 0 Å². The number of amides is 1. The van der Waals surface area contributed by atoms with Crippen LogP contribution in [0.5, 0.6) is 0 Å². The van der Waals surface area contributed by atoms with Crippen molar-refractivity contribution in [1.29, 1.82) is 0 Å². The molecule has 0 bridgehead atoms. The van der Waals surface area contributed by atoms with E-state index >= 15 is 0 Å². The first-order valence-corrected chi connectivity index (χ1v) is 12.3. The van der Waals surface area contributed by atoms with Crippen LogP contribution in [0.15, 0.2) is 18.2 Å². The summed E-state index contributed by atoms with van der Waals surface area (Å²) in [5.41, 5.74) is 6.24. The molecule has 1 aromatic carbocycles. The number of rotatable bonds is 6. The SMILES string of the molecule is CCC(C)c1nc(C)c(Cc2cc(C)ccc2C)c(N2CCN(C(=O)C3CCC3)CC2)n1. The largest absolute Gasteiger partial charge is 0.353 e. The first kappa shape index (κ1) is 22.8. The fourth-order valence-corrected chi connectivity index (χ4v) is 4.71. The Morgan fingerprint density at radius 3 is 2.44 bits per heavy atom. The van der Waals surface area contributed by atoms with E-state index in [-0.39, 0.29) is 5.92 Å². The number of nitrogens with zero attached hydrogens (tertiary/aromatic N) is 4. The third kappa shape index (κ3) is 4.67. The Hall–Kier alpha value is -2.43. The maximum Gasteiger partial charge on any atom is 0.225 e. The topological polar surface area (TPSA) is 49.3 Å². The number of hydrogen-bond acceptors (Lipinski definition) is 4. The molecule has 1 amide bonds. The number of piperazine rings is 1. The number of carbonyl (C=O) groups is 1. The van der Waals surface area contributed by atoms with Gasteiger partial charge in [-0.25, -0.2) is 9.97 Å². The van der Waals surface area contributed by atoms with Crippen molar-refractivity contribution in [2.24, 2.45) is 5.92 Å². The highest BCUT2D eigenvalue weighted by molar-refractivity contribution is 5.80. The van der Waals surface area contributed by atoms with Gasteiger partial charge >= 0.3 is 0 Å². The van der Waals surface area contributed by atoms with Gasteiger partial charge in [0.05, 0.1) is 0 Å². The highest BCUT2D eigenvalue weighted by atomic mass is 16.2. The molecule has 0 N–H and O–H groups in total. The second-order valence-corrected chi connectivity index (χ2v) is 9.83. The Kier molecular flexibility index (Phi) is 6.82. The standard InChI is InChI=1S/C27H38N4O/c1-6-19(3)25-28-21(5)24(17-23-16-18(2)10-11-20(23)4)26(29-25)30-12-14-31(15-13-30)27(32)22-8-7-9-22/h10-11,16,19,22H,6-9,12-15,17H2,1-5H3. The van der Waals surface area contributed by atoms with E-state index in [1.54, 1.807) is 0 Å². The van der Waals surface area contributed by atoms with Crippen LogP contribution in [0.4, 0.5) is 5.82 Å². The monoisotopic (exact) mass is 434 g/mol. The van der Waals surface area contributed by atoms with Gasteiger partial charge in [0, 0.05) is 55.7 Å². The van der Waals surface area contributed by atoms with Crippen molar-refractivity contribution in [2.45, 2.75) is 72.6 Å². The van der Waals surface area contributed by atoms with Crippen molar-refractivity contribution < 1.29 is 4.79 Å². The average molecular weight is 435 g/mol. The van der Waals surface area contributed by atoms with Gasteiger partial charge in [-0.05, 0) is 51.2 Å². The highest BCUT2D eigenvalue weighted by Crippen LogP contribution is 2.31. The van der Waals surface area contributed by atoms with Crippen LogP contribution in [0.1, 0.15) is 79.2 Å². The lowest BCUT2D eigenvalue weighted by atomic mass is 9.84. The summed E-state index contributed by atoms with van der Waals surface area (Å²) in [6.45, 7) is 14.1. The molecule has 4 rings (SSSR count). The third-order valence-corrected chi connectivity index (χ3v) is 7.48. The number of anilines is 1. The predicted molar refractivity (Wildman–Crippen MR) is 130 cm³/mol. The molecular formula is C27H38N4O. The molecule has 1 unspecified atom stereocenters. The molecule has 0 spiro atoms. The average Bonchev–Trinajstić information content (AvgIpc) is 2.75. The summed E-state index contributed by atoms with van der Waals surface area (Å²) >= 11 is 0. The summed E-state index contributed by atoms with van der Waals surface area (Å²) in [7, 11) is 0. The molecule has 0 radical (unpaired) electrons. The molecule has 172 valence electrons. The third-order valence-electron chi connectivity index (χ3n) is 7.48. The second-order valence-electron chi connectivity index (χ2n) is 9.83. The zero-order valence-corrected chi connectivity index (χ0v) is 20.4. The Bertz CT molecular complexity index is 974.